The number of hydrogen-bond donors (Lipinski definition) is 4. The van der Waals surface area contributed by atoms with Crippen molar-refractivity contribution in [3.8, 4) is 0 Å². The van der Waals surface area contributed by atoms with Gasteiger partial charge in [0.1, 0.15) is 5.54 Å². The number of nitrogens with zero attached hydrogens (tertiary/aromatic N) is 2. The number of amides is 4. The second-order valence-corrected chi connectivity index (χ2v) is 8.60. The molecule has 0 unspecified atom stereocenters. The van der Waals surface area contributed by atoms with Gasteiger partial charge in [0.2, 0.25) is 5.89 Å². The number of nitrogens with one attached hydrogen (secondary N) is 4. The number of carbonyl (C=O) groups excluding carboxylic acids is 2. The van der Waals surface area contributed by atoms with Crippen molar-refractivity contribution < 1.29 is 27.3 Å². The number of urea groups is 2. The summed E-state index contributed by atoms with van der Waals surface area (Å²) in [4.78, 5) is 29.5. The zero-order valence-corrected chi connectivity index (χ0v) is 19.4. The summed E-state index contributed by atoms with van der Waals surface area (Å²) >= 11 is 0. The van der Waals surface area contributed by atoms with Crippen LogP contribution in [0, 0.1) is 6.92 Å². The number of benzene rings is 2. The maximum atomic E-state index is 12.9. The Hall–Kier alpha value is -4.09. The highest BCUT2D eigenvalue weighted by Crippen LogP contribution is 2.36. The maximum Gasteiger partial charge on any atom is 0.416 e. The Morgan fingerprint density at radius 3 is 2.06 bits per heavy atom. The summed E-state index contributed by atoms with van der Waals surface area (Å²) in [5.41, 5.74) is -0.881. The zero-order valence-electron chi connectivity index (χ0n) is 19.4. The van der Waals surface area contributed by atoms with E-state index < -0.39 is 29.3 Å². The number of rotatable bonds is 5. The van der Waals surface area contributed by atoms with Crippen LogP contribution in [0.3, 0.4) is 0 Å². The topological polar surface area (TPSA) is 121 Å². The Morgan fingerprint density at radius 2 is 1.47 bits per heavy atom. The Morgan fingerprint density at radius 1 is 0.889 bits per heavy atom. The van der Waals surface area contributed by atoms with Crippen LogP contribution in [0.5, 0.6) is 0 Å². The molecule has 4 rings (SSSR count). The molecule has 2 aromatic carbocycles. The smallest absolute Gasteiger partial charge is 0.340 e. The minimum absolute atomic E-state index is 0.00883. The maximum absolute atomic E-state index is 12.9. The molecule has 1 aliphatic carbocycles. The quantitative estimate of drug-likeness (QED) is 0.340. The number of halogens is 3. The van der Waals surface area contributed by atoms with Gasteiger partial charge in [-0.15, -0.1) is 0 Å². The highest BCUT2D eigenvalue weighted by molar-refractivity contribution is 6.00. The van der Waals surface area contributed by atoms with E-state index in [1.54, 1.807) is 25.1 Å². The summed E-state index contributed by atoms with van der Waals surface area (Å²) < 4.78 is 43.8. The third-order valence-corrected chi connectivity index (χ3v) is 5.84. The van der Waals surface area contributed by atoms with Gasteiger partial charge < -0.3 is 25.8 Å². The molecule has 9 nitrogen and oxygen atoms in total. The van der Waals surface area contributed by atoms with E-state index in [-0.39, 0.29) is 5.69 Å². The summed E-state index contributed by atoms with van der Waals surface area (Å²) in [6, 6.07) is 9.48. The lowest BCUT2D eigenvalue weighted by atomic mass is 9.81. The Balaban J connectivity index is 1.39. The first kappa shape index (κ1) is 25.0. The van der Waals surface area contributed by atoms with E-state index in [0.717, 1.165) is 31.4 Å². The van der Waals surface area contributed by atoms with E-state index in [2.05, 4.69) is 31.4 Å². The van der Waals surface area contributed by atoms with E-state index in [4.69, 9.17) is 4.52 Å². The largest absolute Gasteiger partial charge is 0.416 e. The summed E-state index contributed by atoms with van der Waals surface area (Å²) in [7, 11) is 0. The molecule has 190 valence electrons. The van der Waals surface area contributed by atoms with Crippen molar-refractivity contribution in [2.75, 3.05) is 16.0 Å². The molecule has 0 bridgehead atoms. The first-order chi connectivity index (χ1) is 17.1. The first-order valence-electron chi connectivity index (χ1n) is 11.4. The minimum Gasteiger partial charge on any atom is -0.340 e. The third-order valence-electron chi connectivity index (χ3n) is 5.84. The molecule has 12 heteroatoms. The highest BCUT2D eigenvalue weighted by atomic mass is 19.4. The van der Waals surface area contributed by atoms with Crippen LogP contribution in [0.25, 0.3) is 0 Å². The average molecular weight is 502 g/mol. The van der Waals surface area contributed by atoms with Gasteiger partial charge in [-0.2, -0.15) is 18.2 Å². The standard InChI is InChI=1S/C24H25F3N6O3/c1-15-28-20(33-36-15)23(11-3-2-4-12-23)32-22(35)31-19-10-6-9-18(14-19)30-21(34)29-17-8-5-7-16(13-17)24(25,26)27/h5-10,13-14H,2-4,11-12H2,1H3,(H2,29,30,34)(H2,31,32,35). The lowest BCUT2D eigenvalue weighted by molar-refractivity contribution is -0.137. The van der Waals surface area contributed by atoms with Crippen molar-refractivity contribution in [3.05, 3.63) is 65.8 Å². The number of carbonyl (C=O) groups is 2. The summed E-state index contributed by atoms with van der Waals surface area (Å²) in [5, 5.41) is 14.7. The molecule has 1 saturated carbocycles. The molecular weight excluding hydrogens is 477 g/mol. The Bertz CT molecular complexity index is 1240. The van der Waals surface area contributed by atoms with Gasteiger partial charge in [0.15, 0.2) is 5.82 Å². The van der Waals surface area contributed by atoms with Crippen LogP contribution in [0.2, 0.25) is 0 Å². The van der Waals surface area contributed by atoms with Crippen LogP contribution < -0.4 is 21.3 Å². The van der Waals surface area contributed by atoms with Crippen LogP contribution >= 0.6 is 0 Å². The minimum atomic E-state index is -4.52. The molecule has 1 aliphatic rings. The highest BCUT2D eigenvalue weighted by Gasteiger charge is 2.39. The second kappa shape index (κ2) is 10.3. The summed E-state index contributed by atoms with van der Waals surface area (Å²) in [6.45, 7) is 1.69. The van der Waals surface area contributed by atoms with Gasteiger partial charge in [-0.25, -0.2) is 9.59 Å². The van der Waals surface area contributed by atoms with Crippen molar-refractivity contribution in [3.63, 3.8) is 0 Å². The Labute approximate surface area is 204 Å². The van der Waals surface area contributed by atoms with Gasteiger partial charge in [-0.1, -0.05) is 36.6 Å². The van der Waals surface area contributed by atoms with Gasteiger partial charge in [-0.3, -0.25) is 0 Å². The van der Waals surface area contributed by atoms with E-state index in [0.29, 0.717) is 35.9 Å². The van der Waals surface area contributed by atoms with Crippen molar-refractivity contribution in [2.24, 2.45) is 0 Å². The summed E-state index contributed by atoms with van der Waals surface area (Å²) in [6.07, 6.45) is -0.290. The molecule has 0 spiro atoms. The van der Waals surface area contributed by atoms with E-state index >= 15 is 0 Å². The van der Waals surface area contributed by atoms with E-state index in [9.17, 15) is 22.8 Å². The van der Waals surface area contributed by atoms with Gasteiger partial charge >= 0.3 is 18.2 Å². The predicted molar refractivity (Wildman–Crippen MR) is 126 cm³/mol. The number of hydrogen-bond acceptors (Lipinski definition) is 5. The zero-order chi connectivity index (χ0) is 25.8. The molecule has 3 aromatic rings. The van der Waals surface area contributed by atoms with Gasteiger partial charge in [0.05, 0.1) is 5.56 Å². The second-order valence-electron chi connectivity index (χ2n) is 8.60. The van der Waals surface area contributed by atoms with Crippen LogP contribution in [-0.2, 0) is 11.7 Å². The molecule has 0 atom stereocenters. The molecule has 1 heterocycles. The van der Waals surface area contributed by atoms with Crippen LogP contribution in [0.4, 0.5) is 39.8 Å². The molecule has 4 N–H and O–H groups in total. The Kier molecular flexibility index (Phi) is 7.13. The fourth-order valence-corrected chi connectivity index (χ4v) is 4.17. The SMILES string of the molecule is Cc1nc(C2(NC(=O)Nc3cccc(NC(=O)Nc4cccc(C(F)(F)F)c4)c3)CCCCC2)no1. The lowest BCUT2D eigenvalue weighted by Gasteiger charge is -2.35. The monoisotopic (exact) mass is 502 g/mol. The van der Waals surface area contributed by atoms with E-state index in [1.807, 2.05) is 0 Å². The number of aryl methyl sites for hydroxylation is 1. The molecule has 4 amide bonds. The fraction of sp³-hybridized carbons (Fsp3) is 0.333. The third kappa shape index (κ3) is 6.12. The van der Waals surface area contributed by atoms with Crippen molar-refractivity contribution in [2.45, 2.75) is 50.7 Å². The van der Waals surface area contributed by atoms with Gasteiger partial charge in [0.25, 0.3) is 0 Å². The van der Waals surface area contributed by atoms with Gasteiger partial charge in [-0.05, 0) is 49.2 Å². The molecular formula is C24H25F3N6O3. The molecule has 36 heavy (non-hydrogen) atoms. The average Bonchev–Trinajstić information content (AvgIpc) is 3.26. The number of anilines is 3. The van der Waals surface area contributed by atoms with Crippen LogP contribution in [-0.4, -0.2) is 22.2 Å². The predicted octanol–water partition coefficient (Wildman–Crippen LogP) is 6.02. The molecule has 1 aromatic heterocycles. The van der Waals surface area contributed by atoms with Crippen molar-refractivity contribution >= 4 is 29.1 Å². The van der Waals surface area contributed by atoms with Gasteiger partial charge in [0, 0.05) is 24.0 Å². The normalized spacial score (nSPS) is 15.1. The number of alkyl halides is 3. The number of aromatic nitrogens is 2. The first-order valence-corrected chi connectivity index (χ1v) is 11.4. The molecule has 0 radical (unpaired) electrons. The molecule has 0 saturated heterocycles. The summed E-state index contributed by atoms with van der Waals surface area (Å²) in [5.74, 6) is 0.857. The van der Waals surface area contributed by atoms with Crippen molar-refractivity contribution in [1.29, 1.82) is 0 Å². The van der Waals surface area contributed by atoms with Crippen LogP contribution in [0.15, 0.2) is 53.1 Å². The van der Waals surface area contributed by atoms with Crippen molar-refractivity contribution in [1.82, 2.24) is 15.5 Å². The fourth-order valence-electron chi connectivity index (χ4n) is 4.17. The molecule has 0 aliphatic heterocycles. The van der Waals surface area contributed by atoms with Crippen LogP contribution in [0.1, 0.15) is 49.4 Å². The molecule has 1 fully saturated rings. The lowest BCUT2D eigenvalue weighted by Crippen LogP contribution is -2.49. The van der Waals surface area contributed by atoms with E-state index in [1.165, 1.54) is 18.2 Å².